The van der Waals surface area contributed by atoms with Gasteiger partial charge in [0, 0.05) is 16.8 Å². The number of hydrogen-bond acceptors (Lipinski definition) is 4. The van der Waals surface area contributed by atoms with Crippen molar-refractivity contribution in [3.8, 4) is 5.75 Å². The van der Waals surface area contributed by atoms with E-state index in [0.29, 0.717) is 34.8 Å². The van der Waals surface area contributed by atoms with Crippen LogP contribution in [0.5, 0.6) is 5.75 Å². The molecular formula is C24H20N2O4. The predicted octanol–water partition coefficient (Wildman–Crippen LogP) is 4.07. The van der Waals surface area contributed by atoms with Gasteiger partial charge in [-0.1, -0.05) is 42.5 Å². The fourth-order valence-electron chi connectivity index (χ4n) is 3.30. The molecule has 0 unspecified atom stereocenters. The first-order valence-electron chi connectivity index (χ1n) is 9.55. The average molecular weight is 400 g/mol. The molecule has 1 aliphatic heterocycles. The van der Waals surface area contributed by atoms with Crippen LogP contribution in [0.1, 0.15) is 33.2 Å². The zero-order chi connectivity index (χ0) is 21.1. The molecule has 0 saturated heterocycles. The van der Waals surface area contributed by atoms with Crippen LogP contribution in [0.2, 0.25) is 0 Å². The molecule has 3 aromatic rings. The number of carbonyl (C=O) groups excluding carboxylic acids is 3. The average Bonchev–Trinajstić information content (AvgIpc) is 2.76. The zero-order valence-corrected chi connectivity index (χ0v) is 16.4. The number of anilines is 2. The lowest BCUT2D eigenvalue weighted by Crippen LogP contribution is -2.38. The highest BCUT2D eigenvalue weighted by Crippen LogP contribution is 2.34. The molecule has 1 aliphatic rings. The molecule has 0 spiro atoms. The summed E-state index contributed by atoms with van der Waals surface area (Å²) in [6, 6.07) is 21.4. The van der Waals surface area contributed by atoms with Crippen LogP contribution in [-0.2, 0) is 11.3 Å². The van der Waals surface area contributed by atoms with Gasteiger partial charge in [0.15, 0.2) is 12.4 Å². The molecule has 0 atom stereocenters. The molecule has 1 heterocycles. The van der Waals surface area contributed by atoms with E-state index in [-0.39, 0.29) is 24.2 Å². The summed E-state index contributed by atoms with van der Waals surface area (Å²) in [6.07, 6.45) is 0. The fraction of sp³-hybridized carbons (Fsp3) is 0.125. The molecule has 30 heavy (non-hydrogen) atoms. The maximum atomic E-state index is 12.8. The minimum Gasteiger partial charge on any atom is -0.482 e. The third-order valence-electron chi connectivity index (χ3n) is 4.87. The van der Waals surface area contributed by atoms with Gasteiger partial charge in [0.25, 0.3) is 11.8 Å². The van der Waals surface area contributed by atoms with Crippen LogP contribution in [0.15, 0.2) is 72.8 Å². The number of benzene rings is 3. The first kappa shape index (κ1) is 19.4. The molecule has 0 aromatic heterocycles. The Kier molecular flexibility index (Phi) is 5.30. The lowest BCUT2D eigenvalue weighted by Gasteiger charge is -2.29. The minimum absolute atomic E-state index is 0.0385. The number of hydrogen-bond donors (Lipinski definition) is 1. The number of amides is 2. The van der Waals surface area contributed by atoms with E-state index in [9.17, 15) is 14.4 Å². The normalized spacial score (nSPS) is 12.7. The maximum Gasteiger partial charge on any atom is 0.265 e. The minimum atomic E-state index is -0.337. The Morgan fingerprint density at radius 2 is 1.77 bits per heavy atom. The van der Waals surface area contributed by atoms with E-state index < -0.39 is 0 Å². The first-order valence-corrected chi connectivity index (χ1v) is 9.55. The van der Waals surface area contributed by atoms with Gasteiger partial charge in [0.05, 0.1) is 12.2 Å². The highest BCUT2D eigenvalue weighted by molar-refractivity contribution is 6.07. The Balaban J connectivity index is 1.60. The third-order valence-corrected chi connectivity index (χ3v) is 4.87. The van der Waals surface area contributed by atoms with Gasteiger partial charge in [-0.3, -0.25) is 14.4 Å². The Morgan fingerprint density at radius 3 is 2.53 bits per heavy atom. The van der Waals surface area contributed by atoms with Gasteiger partial charge in [0.1, 0.15) is 5.75 Å². The quantitative estimate of drug-likeness (QED) is 0.655. The van der Waals surface area contributed by atoms with Crippen LogP contribution >= 0.6 is 0 Å². The largest absolute Gasteiger partial charge is 0.482 e. The monoisotopic (exact) mass is 400 g/mol. The highest BCUT2D eigenvalue weighted by Gasteiger charge is 2.26. The van der Waals surface area contributed by atoms with Crippen molar-refractivity contribution in [1.29, 1.82) is 0 Å². The molecule has 2 amide bonds. The Labute approximate surface area is 174 Å². The van der Waals surface area contributed by atoms with Gasteiger partial charge in [-0.25, -0.2) is 0 Å². The molecule has 0 saturated carbocycles. The highest BCUT2D eigenvalue weighted by atomic mass is 16.5. The number of ether oxygens (including phenoxy) is 1. The van der Waals surface area contributed by atoms with E-state index >= 15 is 0 Å². The van der Waals surface area contributed by atoms with Crippen molar-refractivity contribution >= 4 is 29.0 Å². The summed E-state index contributed by atoms with van der Waals surface area (Å²) in [7, 11) is 0. The second-order valence-corrected chi connectivity index (χ2v) is 7.03. The van der Waals surface area contributed by atoms with Crippen LogP contribution in [0.25, 0.3) is 0 Å². The topological polar surface area (TPSA) is 75.7 Å². The number of rotatable bonds is 5. The van der Waals surface area contributed by atoms with E-state index in [1.54, 1.807) is 47.4 Å². The zero-order valence-electron chi connectivity index (χ0n) is 16.4. The summed E-state index contributed by atoms with van der Waals surface area (Å²) < 4.78 is 5.54. The van der Waals surface area contributed by atoms with Gasteiger partial charge in [-0.05, 0) is 42.8 Å². The van der Waals surface area contributed by atoms with Crippen molar-refractivity contribution in [3.63, 3.8) is 0 Å². The molecule has 6 nitrogen and oxygen atoms in total. The number of fused-ring (bicyclic) bond motifs is 1. The fourth-order valence-corrected chi connectivity index (χ4v) is 3.30. The first-order chi connectivity index (χ1) is 14.5. The standard InChI is InChI=1S/C24H20N2O4/c1-16(27)18-8-5-9-20(12-18)25-24(29)19-10-11-22-21(13-19)26(23(28)15-30-22)14-17-6-3-2-4-7-17/h2-13H,14-15H2,1H3,(H,25,29). The molecule has 0 radical (unpaired) electrons. The van der Waals surface area contributed by atoms with Crippen molar-refractivity contribution in [1.82, 2.24) is 0 Å². The van der Waals surface area contributed by atoms with Crippen molar-refractivity contribution < 1.29 is 19.1 Å². The SMILES string of the molecule is CC(=O)c1cccc(NC(=O)c2ccc3c(c2)N(Cc2ccccc2)C(=O)CO3)c1. The lowest BCUT2D eigenvalue weighted by molar-refractivity contribution is -0.121. The maximum absolute atomic E-state index is 12.8. The second-order valence-electron chi connectivity index (χ2n) is 7.03. The van der Waals surface area contributed by atoms with E-state index in [2.05, 4.69) is 5.32 Å². The summed E-state index contributed by atoms with van der Waals surface area (Å²) in [6.45, 7) is 1.83. The number of nitrogens with zero attached hydrogens (tertiary/aromatic N) is 1. The molecule has 0 aliphatic carbocycles. The molecule has 3 aromatic carbocycles. The molecule has 150 valence electrons. The van der Waals surface area contributed by atoms with Crippen LogP contribution in [0.4, 0.5) is 11.4 Å². The number of carbonyl (C=O) groups is 3. The molecule has 0 bridgehead atoms. The van der Waals surface area contributed by atoms with Crippen molar-refractivity contribution in [2.24, 2.45) is 0 Å². The van der Waals surface area contributed by atoms with Crippen LogP contribution in [0.3, 0.4) is 0 Å². The predicted molar refractivity (Wildman–Crippen MR) is 114 cm³/mol. The Bertz CT molecular complexity index is 1130. The van der Waals surface area contributed by atoms with Crippen LogP contribution in [0, 0.1) is 0 Å². The molecule has 4 rings (SSSR count). The van der Waals surface area contributed by atoms with Crippen molar-refractivity contribution in [2.75, 3.05) is 16.8 Å². The molecule has 6 heteroatoms. The summed E-state index contributed by atoms with van der Waals surface area (Å²) in [5.74, 6) is -0.0259. The Morgan fingerprint density at radius 1 is 0.967 bits per heavy atom. The number of nitrogens with one attached hydrogen (secondary N) is 1. The number of ketones is 1. The van der Waals surface area contributed by atoms with Crippen LogP contribution in [-0.4, -0.2) is 24.2 Å². The van der Waals surface area contributed by atoms with Gasteiger partial charge < -0.3 is 15.0 Å². The van der Waals surface area contributed by atoms with E-state index in [1.165, 1.54) is 6.92 Å². The van der Waals surface area contributed by atoms with Gasteiger partial charge in [-0.15, -0.1) is 0 Å². The van der Waals surface area contributed by atoms with Gasteiger partial charge in [0.2, 0.25) is 0 Å². The lowest BCUT2D eigenvalue weighted by atomic mass is 10.1. The van der Waals surface area contributed by atoms with Crippen molar-refractivity contribution in [2.45, 2.75) is 13.5 Å². The van der Waals surface area contributed by atoms with E-state index in [0.717, 1.165) is 5.56 Å². The summed E-state index contributed by atoms with van der Waals surface area (Å²) in [4.78, 5) is 38.5. The molecular weight excluding hydrogens is 380 g/mol. The number of Topliss-reactive ketones (excluding diaryl/α,β-unsaturated/α-hetero) is 1. The molecule has 0 fully saturated rings. The van der Waals surface area contributed by atoms with Gasteiger partial charge in [-0.2, -0.15) is 0 Å². The Hall–Kier alpha value is -3.93. The summed E-state index contributed by atoms with van der Waals surface area (Å²) >= 11 is 0. The summed E-state index contributed by atoms with van der Waals surface area (Å²) in [5.41, 5.74) is 2.97. The van der Waals surface area contributed by atoms with E-state index in [4.69, 9.17) is 4.74 Å². The van der Waals surface area contributed by atoms with Gasteiger partial charge >= 0.3 is 0 Å². The second kappa shape index (κ2) is 8.21. The van der Waals surface area contributed by atoms with Crippen LogP contribution < -0.4 is 15.0 Å². The smallest absolute Gasteiger partial charge is 0.265 e. The van der Waals surface area contributed by atoms with Crippen molar-refractivity contribution in [3.05, 3.63) is 89.5 Å². The summed E-state index contributed by atoms with van der Waals surface area (Å²) in [5, 5.41) is 2.80. The third kappa shape index (κ3) is 4.07. The van der Waals surface area contributed by atoms with E-state index in [1.807, 2.05) is 30.3 Å². The molecule has 1 N–H and O–H groups in total.